The lowest BCUT2D eigenvalue weighted by atomic mass is 10.1. The van der Waals surface area contributed by atoms with Crippen molar-refractivity contribution in [2.75, 3.05) is 11.9 Å². The molecule has 0 aliphatic rings. The number of H-pyrrole nitrogens is 1. The van der Waals surface area contributed by atoms with Gasteiger partial charge in [0.25, 0.3) is 5.91 Å². The van der Waals surface area contributed by atoms with Crippen LogP contribution in [0.3, 0.4) is 0 Å². The van der Waals surface area contributed by atoms with Crippen LogP contribution in [0.4, 0.5) is 5.82 Å². The molecule has 7 heteroatoms. The summed E-state index contributed by atoms with van der Waals surface area (Å²) in [7, 11) is 0. The predicted molar refractivity (Wildman–Crippen MR) is 117 cm³/mol. The SMILES string of the molecule is CCC(=O)Nc1cc(C(=O)NCCc2c[nH]c3ccccc23)nn1-c1ccccc1. The van der Waals surface area contributed by atoms with E-state index < -0.39 is 0 Å². The first-order valence-electron chi connectivity index (χ1n) is 9.94. The van der Waals surface area contributed by atoms with Crippen molar-refractivity contribution in [3.63, 3.8) is 0 Å². The number of aromatic amines is 1. The fourth-order valence-electron chi connectivity index (χ4n) is 3.32. The molecule has 0 saturated heterocycles. The Morgan fingerprint density at radius 2 is 1.83 bits per heavy atom. The average Bonchev–Trinajstić information content (AvgIpc) is 3.39. The molecule has 4 rings (SSSR count). The molecule has 0 aliphatic carbocycles. The Hall–Kier alpha value is -3.87. The van der Waals surface area contributed by atoms with Gasteiger partial charge in [-0.3, -0.25) is 9.59 Å². The van der Waals surface area contributed by atoms with Gasteiger partial charge in [0.15, 0.2) is 5.69 Å². The molecular formula is C23H23N5O2. The zero-order valence-corrected chi connectivity index (χ0v) is 16.7. The number of benzene rings is 2. The first kappa shape index (κ1) is 19.4. The van der Waals surface area contributed by atoms with Crippen LogP contribution in [0.15, 0.2) is 66.9 Å². The monoisotopic (exact) mass is 401 g/mol. The van der Waals surface area contributed by atoms with Crippen LogP contribution < -0.4 is 10.6 Å². The predicted octanol–water partition coefficient (Wildman–Crippen LogP) is 3.67. The molecule has 152 valence electrons. The molecule has 0 spiro atoms. The van der Waals surface area contributed by atoms with Crippen LogP contribution >= 0.6 is 0 Å². The van der Waals surface area contributed by atoms with Crippen LogP contribution in [0.1, 0.15) is 29.4 Å². The highest BCUT2D eigenvalue weighted by atomic mass is 16.2. The Morgan fingerprint density at radius 3 is 2.63 bits per heavy atom. The molecule has 4 aromatic rings. The second-order valence-electron chi connectivity index (χ2n) is 6.93. The summed E-state index contributed by atoms with van der Waals surface area (Å²) in [6.45, 7) is 2.26. The van der Waals surface area contributed by atoms with Crippen molar-refractivity contribution in [3.8, 4) is 5.69 Å². The third-order valence-electron chi connectivity index (χ3n) is 4.89. The van der Waals surface area contributed by atoms with E-state index in [1.165, 1.54) is 0 Å². The summed E-state index contributed by atoms with van der Waals surface area (Å²) in [6, 6.07) is 19.1. The van der Waals surface area contributed by atoms with Crippen LogP contribution in [0, 0.1) is 0 Å². The van der Waals surface area contributed by atoms with Crippen molar-refractivity contribution < 1.29 is 9.59 Å². The van der Waals surface area contributed by atoms with E-state index in [9.17, 15) is 9.59 Å². The number of para-hydroxylation sites is 2. The summed E-state index contributed by atoms with van der Waals surface area (Å²) in [4.78, 5) is 27.8. The molecule has 0 bridgehead atoms. The molecule has 2 aromatic carbocycles. The number of anilines is 1. The molecule has 0 aliphatic heterocycles. The van der Waals surface area contributed by atoms with Crippen molar-refractivity contribution in [1.29, 1.82) is 0 Å². The van der Waals surface area contributed by atoms with Crippen LogP contribution in [0.25, 0.3) is 16.6 Å². The molecule has 7 nitrogen and oxygen atoms in total. The van der Waals surface area contributed by atoms with E-state index >= 15 is 0 Å². The van der Waals surface area contributed by atoms with Gasteiger partial charge in [-0.05, 0) is 30.2 Å². The fourth-order valence-corrected chi connectivity index (χ4v) is 3.32. The lowest BCUT2D eigenvalue weighted by Gasteiger charge is -2.07. The van der Waals surface area contributed by atoms with E-state index in [1.54, 1.807) is 17.7 Å². The third kappa shape index (κ3) is 4.10. The Morgan fingerprint density at radius 1 is 1.07 bits per heavy atom. The van der Waals surface area contributed by atoms with E-state index in [0.29, 0.717) is 25.2 Å². The number of hydrogen-bond acceptors (Lipinski definition) is 3. The summed E-state index contributed by atoms with van der Waals surface area (Å²) in [5, 5.41) is 11.3. The van der Waals surface area contributed by atoms with Gasteiger partial charge in [-0.2, -0.15) is 5.10 Å². The molecule has 0 fully saturated rings. The number of rotatable bonds is 7. The largest absolute Gasteiger partial charge is 0.361 e. The number of carbonyl (C=O) groups is 2. The number of aromatic nitrogens is 3. The minimum absolute atomic E-state index is 0.140. The van der Waals surface area contributed by atoms with Gasteiger partial charge in [-0.1, -0.05) is 43.3 Å². The maximum absolute atomic E-state index is 12.7. The number of carbonyl (C=O) groups excluding carboxylic acids is 2. The van der Waals surface area contributed by atoms with Crippen LogP contribution in [0.2, 0.25) is 0 Å². The number of hydrogen-bond donors (Lipinski definition) is 3. The maximum atomic E-state index is 12.7. The van der Waals surface area contributed by atoms with Crippen molar-refractivity contribution in [1.82, 2.24) is 20.1 Å². The van der Waals surface area contributed by atoms with E-state index in [-0.39, 0.29) is 17.5 Å². The Kier molecular flexibility index (Phi) is 5.61. The average molecular weight is 401 g/mol. The molecule has 30 heavy (non-hydrogen) atoms. The van der Waals surface area contributed by atoms with Crippen molar-refractivity contribution >= 4 is 28.5 Å². The third-order valence-corrected chi connectivity index (χ3v) is 4.89. The lowest BCUT2D eigenvalue weighted by Crippen LogP contribution is -2.26. The minimum atomic E-state index is -0.281. The van der Waals surface area contributed by atoms with E-state index in [2.05, 4.69) is 26.8 Å². The van der Waals surface area contributed by atoms with Gasteiger partial charge in [0.2, 0.25) is 5.91 Å². The molecule has 0 radical (unpaired) electrons. The van der Waals surface area contributed by atoms with E-state index in [1.807, 2.05) is 54.7 Å². The molecule has 0 atom stereocenters. The van der Waals surface area contributed by atoms with Gasteiger partial charge >= 0.3 is 0 Å². The highest BCUT2D eigenvalue weighted by Crippen LogP contribution is 2.19. The molecule has 0 saturated carbocycles. The summed E-state index contributed by atoms with van der Waals surface area (Å²) >= 11 is 0. The van der Waals surface area contributed by atoms with Crippen LogP contribution in [-0.2, 0) is 11.2 Å². The zero-order chi connectivity index (χ0) is 20.9. The minimum Gasteiger partial charge on any atom is -0.361 e. The fraction of sp³-hybridized carbons (Fsp3) is 0.174. The Bertz CT molecular complexity index is 1180. The van der Waals surface area contributed by atoms with Gasteiger partial charge < -0.3 is 15.6 Å². The Labute approximate surface area is 174 Å². The molecule has 2 amide bonds. The first-order valence-corrected chi connectivity index (χ1v) is 9.94. The van der Waals surface area contributed by atoms with Gasteiger partial charge in [-0.15, -0.1) is 0 Å². The first-order chi connectivity index (χ1) is 14.7. The zero-order valence-electron chi connectivity index (χ0n) is 16.7. The Balaban J connectivity index is 1.48. The van der Waals surface area contributed by atoms with Gasteiger partial charge in [0, 0.05) is 36.1 Å². The van der Waals surface area contributed by atoms with Crippen LogP contribution in [-0.4, -0.2) is 33.1 Å². The van der Waals surface area contributed by atoms with Crippen LogP contribution in [0.5, 0.6) is 0 Å². The highest BCUT2D eigenvalue weighted by Gasteiger charge is 2.16. The van der Waals surface area contributed by atoms with E-state index in [0.717, 1.165) is 22.2 Å². The molecular weight excluding hydrogens is 378 g/mol. The van der Waals surface area contributed by atoms with Crippen molar-refractivity contribution in [2.45, 2.75) is 19.8 Å². The number of nitrogens with zero attached hydrogens (tertiary/aromatic N) is 2. The highest BCUT2D eigenvalue weighted by molar-refractivity contribution is 5.95. The van der Waals surface area contributed by atoms with Crippen molar-refractivity contribution in [2.24, 2.45) is 0 Å². The lowest BCUT2D eigenvalue weighted by molar-refractivity contribution is -0.115. The van der Waals surface area contributed by atoms with Gasteiger partial charge in [-0.25, -0.2) is 4.68 Å². The normalized spacial score (nSPS) is 10.8. The molecule has 2 heterocycles. The molecule has 2 aromatic heterocycles. The van der Waals surface area contributed by atoms with Gasteiger partial charge in [0.1, 0.15) is 5.82 Å². The summed E-state index contributed by atoms with van der Waals surface area (Å²) in [5.41, 5.74) is 3.25. The van der Waals surface area contributed by atoms with Crippen molar-refractivity contribution in [3.05, 3.63) is 78.1 Å². The number of amides is 2. The second kappa shape index (κ2) is 8.65. The smallest absolute Gasteiger partial charge is 0.271 e. The number of fused-ring (bicyclic) bond motifs is 1. The molecule has 0 unspecified atom stereocenters. The standard InChI is InChI=1S/C23H23N5O2/c1-2-22(29)26-21-14-20(27-28(21)17-8-4-3-5-9-17)23(30)24-13-12-16-15-25-19-11-7-6-10-18(16)19/h3-11,14-15,25H,2,12-13H2,1H3,(H,24,30)(H,26,29). The van der Waals surface area contributed by atoms with E-state index in [4.69, 9.17) is 0 Å². The summed E-state index contributed by atoms with van der Waals surface area (Å²) < 4.78 is 1.57. The second-order valence-corrected chi connectivity index (χ2v) is 6.93. The van der Waals surface area contributed by atoms with Gasteiger partial charge in [0.05, 0.1) is 5.69 Å². The maximum Gasteiger partial charge on any atom is 0.271 e. The molecule has 3 N–H and O–H groups in total. The number of nitrogens with one attached hydrogen (secondary N) is 3. The topological polar surface area (TPSA) is 91.8 Å². The summed E-state index contributed by atoms with van der Waals surface area (Å²) in [6.07, 6.45) is 3.01. The quantitative estimate of drug-likeness (QED) is 0.441. The summed E-state index contributed by atoms with van der Waals surface area (Å²) in [5.74, 6) is 0.0460.